The number of hydrogen-bond acceptors (Lipinski definition) is 1. The zero-order chi connectivity index (χ0) is 37.2. The second kappa shape index (κ2) is 12.7. The zero-order valence-electron chi connectivity index (χ0n) is 31.0. The molecule has 0 saturated heterocycles. The first-order valence-electron chi connectivity index (χ1n) is 19.3. The van der Waals surface area contributed by atoms with Gasteiger partial charge in [0, 0.05) is 16.3 Å². The quantitative estimate of drug-likeness (QED) is 0.163. The second-order valence-electron chi connectivity index (χ2n) is 14.3. The summed E-state index contributed by atoms with van der Waals surface area (Å²) in [6.45, 7) is 0. The molecule has 1 heterocycles. The predicted molar refractivity (Wildman–Crippen MR) is 233 cm³/mol. The highest BCUT2D eigenvalue weighted by molar-refractivity contribution is 6.22. The second-order valence-corrected chi connectivity index (χ2v) is 14.3. The Hall–Kier alpha value is -7.22. The van der Waals surface area contributed by atoms with Crippen LogP contribution in [0.4, 0.5) is 0 Å². The molecule has 1 aromatic heterocycles. The van der Waals surface area contributed by atoms with Crippen LogP contribution in [-0.4, -0.2) is 0 Å². The van der Waals surface area contributed by atoms with Crippen LogP contribution < -0.4 is 0 Å². The molecular formula is C54H34O. The average Bonchev–Trinajstić information content (AvgIpc) is 3.64. The smallest absolute Gasteiger partial charge is 0.143 e. The molecule has 0 unspecified atom stereocenters. The van der Waals surface area contributed by atoms with Gasteiger partial charge >= 0.3 is 0 Å². The Balaban J connectivity index is 1.04. The number of rotatable bonds is 5. The van der Waals surface area contributed by atoms with Crippen molar-refractivity contribution < 1.29 is 5.79 Å². The summed E-state index contributed by atoms with van der Waals surface area (Å²) in [4.78, 5) is 0. The predicted octanol–water partition coefficient (Wildman–Crippen LogP) is 15.4. The molecule has 0 N–H and O–H groups in total. The Kier molecular flexibility index (Phi) is 7.00. The summed E-state index contributed by atoms with van der Waals surface area (Å²) in [5.74, 6) is 0. The highest BCUT2D eigenvalue weighted by atomic mass is 16.3. The third-order valence-electron chi connectivity index (χ3n) is 11.2. The third kappa shape index (κ3) is 5.16. The van der Waals surface area contributed by atoms with E-state index < -0.39 is 0 Å². The van der Waals surface area contributed by atoms with Crippen molar-refractivity contribution >= 4 is 54.3 Å². The molecule has 11 aromatic rings. The van der Waals surface area contributed by atoms with E-state index in [4.69, 9.17) is 5.79 Å². The van der Waals surface area contributed by atoms with Gasteiger partial charge in [0.2, 0.25) is 0 Å². The van der Waals surface area contributed by atoms with Crippen molar-refractivity contribution in [2.45, 2.75) is 0 Å². The van der Waals surface area contributed by atoms with Crippen LogP contribution in [0.15, 0.2) is 211 Å². The van der Waals surface area contributed by atoms with E-state index in [-0.39, 0.29) is 0 Å². The van der Waals surface area contributed by atoms with Crippen molar-refractivity contribution in [3.8, 4) is 55.6 Å². The summed E-state index contributed by atoms with van der Waals surface area (Å²) in [5, 5.41) is 9.38. The molecule has 256 valence electrons. The summed E-state index contributed by atoms with van der Waals surface area (Å²) in [6, 6.07) is 71.9. The van der Waals surface area contributed by atoms with E-state index in [0.717, 1.165) is 60.5 Å². The minimum Gasteiger partial charge on any atom is -0.455 e. The average molecular weight is 700 g/mol. The summed E-state index contributed by atoms with van der Waals surface area (Å²) in [5.41, 5.74) is 13.6. The molecule has 0 aliphatic rings. The van der Waals surface area contributed by atoms with Crippen LogP contribution in [0, 0.1) is 0 Å². The summed E-state index contributed by atoms with van der Waals surface area (Å²) in [6.07, 6.45) is 0. The van der Waals surface area contributed by atoms with Crippen LogP contribution in [0.1, 0.15) is 1.37 Å². The van der Waals surface area contributed by atoms with Gasteiger partial charge in [0.1, 0.15) is 11.2 Å². The van der Waals surface area contributed by atoms with Gasteiger partial charge in [-0.25, -0.2) is 0 Å². The van der Waals surface area contributed by atoms with Gasteiger partial charge in [0.15, 0.2) is 0 Å². The van der Waals surface area contributed by atoms with Crippen molar-refractivity contribution in [1.29, 1.82) is 0 Å². The van der Waals surface area contributed by atoms with Crippen LogP contribution in [0.25, 0.3) is 110 Å². The number of para-hydroxylation sites is 1. The maximum atomic E-state index is 8.09. The lowest BCUT2D eigenvalue weighted by Crippen LogP contribution is -1.92. The SMILES string of the molecule is [2H]c1ccc2cc(-c3ccccc3-c3c4ccccc4c(-c4ccc(-c5ccc6oc7c(-c8ccccc8)cccc7c6c5)cc4)c4ccccc34)ccc2c1. The Bertz CT molecular complexity index is 3240. The Morgan fingerprint density at radius 1 is 0.309 bits per heavy atom. The van der Waals surface area contributed by atoms with Gasteiger partial charge < -0.3 is 4.42 Å². The Morgan fingerprint density at radius 2 is 0.909 bits per heavy atom. The number of fused-ring (bicyclic) bond motifs is 6. The first-order chi connectivity index (χ1) is 27.7. The van der Waals surface area contributed by atoms with E-state index in [9.17, 15) is 0 Å². The first-order valence-corrected chi connectivity index (χ1v) is 18.8. The fraction of sp³-hybridized carbons (Fsp3) is 0. The zero-order valence-corrected chi connectivity index (χ0v) is 30.0. The molecule has 0 aliphatic heterocycles. The van der Waals surface area contributed by atoms with E-state index in [1.807, 2.05) is 24.3 Å². The lowest BCUT2D eigenvalue weighted by molar-refractivity contribution is 0.670. The largest absolute Gasteiger partial charge is 0.455 e. The standard InChI is InChI=1S/C54H34O/c1-2-14-37(15-3-1)43-23-12-24-49-50-34-40(31-32-51(50)55-54(43)49)36-25-28-38(29-26-36)52-45-19-8-10-21-47(45)53(48-22-11-9-20-46(48)52)44-18-7-6-17-42(44)41-30-27-35-13-4-5-16-39(35)33-41/h1-34H/i4D. The molecule has 10 aromatic carbocycles. The molecule has 0 bridgehead atoms. The van der Waals surface area contributed by atoms with E-state index in [1.165, 1.54) is 49.4 Å². The molecular weight excluding hydrogens is 665 g/mol. The Labute approximate surface area is 320 Å². The fourth-order valence-corrected chi connectivity index (χ4v) is 8.63. The molecule has 0 radical (unpaired) electrons. The molecule has 0 spiro atoms. The molecule has 55 heavy (non-hydrogen) atoms. The van der Waals surface area contributed by atoms with Crippen molar-refractivity contribution in [1.82, 2.24) is 0 Å². The normalized spacial score (nSPS) is 11.9. The van der Waals surface area contributed by atoms with Crippen LogP contribution in [-0.2, 0) is 0 Å². The third-order valence-corrected chi connectivity index (χ3v) is 11.2. The molecule has 11 rings (SSSR count). The first kappa shape index (κ1) is 30.3. The maximum absolute atomic E-state index is 8.09. The van der Waals surface area contributed by atoms with E-state index in [0.29, 0.717) is 6.04 Å². The fourth-order valence-electron chi connectivity index (χ4n) is 8.63. The molecule has 0 aliphatic carbocycles. The van der Waals surface area contributed by atoms with Gasteiger partial charge in [0.25, 0.3) is 0 Å². The van der Waals surface area contributed by atoms with Gasteiger partial charge in [0.05, 0.1) is 1.37 Å². The van der Waals surface area contributed by atoms with Crippen molar-refractivity contribution in [3.05, 3.63) is 206 Å². The molecule has 0 amide bonds. The minimum absolute atomic E-state index is 0.528. The summed E-state index contributed by atoms with van der Waals surface area (Å²) >= 11 is 0. The molecule has 0 fully saturated rings. The van der Waals surface area contributed by atoms with Gasteiger partial charge in [-0.3, -0.25) is 0 Å². The molecule has 1 heteroatoms. The molecule has 0 saturated carbocycles. The minimum atomic E-state index is 0.528. The number of furan rings is 1. The highest BCUT2D eigenvalue weighted by Gasteiger charge is 2.19. The van der Waals surface area contributed by atoms with E-state index in [1.54, 1.807) is 0 Å². The van der Waals surface area contributed by atoms with Gasteiger partial charge in [-0.2, -0.15) is 0 Å². The van der Waals surface area contributed by atoms with Crippen LogP contribution in [0.3, 0.4) is 0 Å². The molecule has 1 nitrogen and oxygen atoms in total. The number of benzene rings is 10. The van der Waals surface area contributed by atoms with Crippen molar-refractivity contribution in [2.75, 3.05) is 0 Å². The van der Waals surface area contributed by atoms with Crippen LogP contribution in [0.2, 0.25) is 0 Å². The lowest BCUT2D eigenvalue weighted by atomic mass is 9.83. The van der Waals surface area contributed by atoms with Crippen LogP contribution >= 0.6 is 0 Å². The highest BCUT2D eigenvalue weighted by Crippen LogP contribution is 2.46. The Morgan fingerprint density at radius 3 is 1.67 bits per heavy atom. The van der Waals surface area contributed by atoms with Gasteiger partial charge in [-0.15, -0.1) is 0 Å². The van der Waals surface area contributed by atoms with E-state index >= 15 is 0 Å². The van der Waals surface area contributed by atoms with Gasteiger partial charge in [-0.05, 0) is 101 Å². The monoisotopic (exact) mass is 699 g/mol. The van der Waals surface area contributed by atoms with Crippen molar-refractivity contribution in [2.24, 2.45) is 0 Å². The van der Waals surface area contributed by atoms with E-state index in [2.05, 4.69) is 176 Å². The summed E-state index contributed by atoms with van der Waals surface area (Å²) in [7, 11) is 0. The summed E-state index contributed by atoms with van der Waals surface area (Å²) < 4.78 is 14.6. The lowest BCUT2D eigenvalue weighted by Gasteiger charge is -2.20. The topological polar surface area (TPSA) is 13.1 Å². The van der Waals surface area contributed by atoms with Crippen molar-refractivity contribution in [3.63, 3.8) is 0 Å². The van der Waals surface area contributed by atoms with Gasteiger partial charge in [-0.1, -0.05) is 188 Å². The number of hydrogen-bond donors (Lipinski definition) is 0. The van der Waals surface area contributed by atoms with Crippen LogP contribution in [0.5, 0.6) is 0 Å². The molecule has 0 atom stereocenters. The maximum Gasteiger partial charge on any atom is 0.143 e.